The number of nitrogens with zero attached hydrogens (tertiary/aromatic N) is 1. The van der Waals surface area contributed by atoms with Gasteiger partial charge in [0.05, 0.1) is 6.61 Å². The molecular formula is C11H20N2O2. The first kappa shape index (κ1) is 10.9. The molecule has 2 unspecified atom stereocenters. The average Bonchev–Trinajstić information content (AvgIpc) is 2.28. The lowest BCUT2D eigenvalue weighted by atomic mass is 9.84. The van der Waals surface area contributed by atoms with Crippen molar-refractivity contribution in [1.29, 1.82) is 0 Å². The highest BCUT2D eigenvalue weighted by atomic mass is 16.5. The van der Waals surface area contributed by atoms with Crippen molar-refractivity contribution in [2.24, 2.45) is 5.92 Å². The van der Waals surface area contributed by atoms with Crippen LogP contribution < -0.4 is 5.32 Å². The summed E-state index contributed by atoms with van der Waals surface area (Å²) in [4.78, 5) is 13.8. The van der Waals surface area contributed by atoms with Gasteiger partial charge in [0.2, 0.25) is 5.91 Å². The van der Waals surface area contributed by atoms with Gasteiger partial charge in [-0.3, -0.25) is 4.79 Å². The highest BCUT2D eigenvalue weighted by molar-refractivity contribution is 5.77. The molecule has 86 valence electrons. The molecule has 0 aromatic rings. The molecule has 0 spiro atoms. The van der Waals surface area contributed by atoms with Gasteiger partial charge in [-0.25, -0.2) is 0 Å². The zero-order valence-corrected chi connectivity index (χ0v) is 9.37. The SMILES string of the molecule is COCCN1C(=O)CCC2CNCCC21. The number of piperidine rings is 2. The van der Waals surface area contributed by atoms with Crippen LogP contribution in [0.5, 0.6) is 0 Å². The third-order valence-electron chi connectivity index (χ3n) is 3.55. The molecule has 0 aromatic heterocycles. The Morgan fingerprint density at radius 1 is 1.53 bits per heavy atom. The Hall–Kier alpha value is -0.610. The maximum absolute atomic E-state index is 11.8. The fourth-order valence-electron chi connectivity index (χ4n) is 2.73. The van der Waals surface area contributed by atoms with Gasteiger partial charge in [-0.05, 0) is 31.8 Å². The maximum Gasteiger partial charge on any atom is 0.222 e. The van der Waals surface area contributed by atoms with Crippen molar-refractivity contribution in [1.82, 2.24) is 10.2 Å². The van der Waals surface area contributed by atoms with Crippen LogP contribution in [0, 0.1) is 5.92 Å². The zero-order chi connectivity index (χ0) is 10.7. The minimum Gasteiger partial charge on any atom is -0.383 e. The van der Waals surface area contributed by atoms with Crippen LogP contribution in [0.25, 0.3) is 0 Å². The molecule has 4 heteroatoms. The van der Waals surface area contributed by atoms with E-state index in [-0.39, 0.29) is 0 Å². The molecule has 2 saturated heterocycles. The van der Waals surface area contributed by atoms with Gasteiger partial charge in [-0.1, -0.05) is 0 Å². The van der Waals surface area contributed by atoms with Gasteiger partial charge in [0.25, 0.3) is 0 Å². The van der Waals surface area contributed by atoms with Crippen LogP contribution >= 0.6 is 0 Å². The summed E-state index contributed by atoms with van der Waals surface area (Å²) in [5.74, 6) is 0.975. The van der Waals surface area contributed by atoms with Crippen molar-refractivity contribution in [3.63, 3.8) is 0 Å². The second kappa shape index (κ2) is 4.94. The van der Waals surface area contributed by atoms with E-state index in [1.807, 2.05) is 4.90 Å². The normalized spacial score (nSPS) is 31.5. The van der Waals surface area contributed by atoms with Crippen LogP contribution in [0.1, 0.15) is 19.3 Å². The predicted molar refractivity (Wildman–Crippen MR) is 57.6 cm³/mol. The molecule has 2 aliphatic heterocycles. The standard InChI is InChI=1S/C11H20N2O2/c1-15-7-6-13-10-4-5-12-8-9(10)2-3-11(13)14/h9-10,12H,2-8H2,1H3. The van der Waals surface area contributed by atoms with Crippen molar-refractivity contribution in [2.45, 2.75) is 25.3 Å². The Balaban J connectivity index is 1.99. The zero-order valence-electron chi connectivity index (χ0n) is 9.37. The van der Waals surface area contributed by atoms with Gasteiger partial charge >= 0.3 is 0 Å². The molecule has 0 saturated carbocycles. The summed E-state index contributed by atoms with van der Waals surface area (Å²) in [6, 6.07) is 0.461. The van der Waals surface area contributed by atoms with Gasteiger partial charge < -0.3 is 15.0 Å². The van der Waals surface area contributed by atoms with E-state index < -0.39 is 0 Å². The third-order valence-corrected chi connectivity index (χ3v) is 3.55. The van der Waals surface area contributed by atoms with E-state index in [9.17, 15) is 4.79 Å². The number of methoxy groups -OCH3 is 1. The van der Waals surface area contributed by atoms with E-state index in [2.05, 4.69) is 5.32 Å². The maximum atomic E-state index is 11.8. The van der Waals surface area contributed by atoms with Crippen molar-refractivity contribution >= 4 is 5.91 Å². The number of rotatable bonds is 3. The van der Waals surface area contributed by atoms with E-state index in [0.717, 1.165) is 32.5 Å². The Bertz CT molecular complexity index is 233. The summed E-state index contributed by atoms with van der Waals surface area (Å²) < 4.78 is 5.06. The lowest BCUT2D eigenvalue weighted by Gasteiger charge is -2.44. The highest BCUT2D eigenvalue weighted by Gasteiger charge is 2.36. The molecule has 2 heterocycles. The van der Waals surface area contributed by atoms with Crippen molar-refractivity contribution < 1.29 is 9.53 Å². The molecule has 0 bridgehead atoms. The Morgan fingerprint density at radius 2 is 2.40 bits per heavy atom. The summed E-state index contributed by atoms with van der Waals surface area (Å²) in [6.45, 7) is 3.53. The fraction of sp³-hybridized carbons (Fsp3) is 0.909. The van der Waals surface area contributed by atoms with Crippen LogP contribution in [0.15, 0.2) is 0 Å². The van der Waals surface area contributed by atoms with Crippen molar-refractivity contribution in [3.05, 3.63) is 0 Å². The lowest BCUT2D eigenvalue weighted by Crippen LogP contribution is -2.55. The largest absolute Gasteiger partial charge is 0.383 e. The second-order valence-electron chi connectivity index (χ2n) is 4.44. The molecule has 0 aliphatic carbocycles. The molecule has 2 rings (SSSR count). The van der Waals surface area contributed by atoms with E-state index in [1.165, 1.54) is 0 Å². The van der Waals surface area contributed by atoms with Gasteiger partial charge in [-0.2, -0.15) is 0 Å². The van der Waals surface area contributed by atoms with E-state index >= 15 is 0 Å². The Kier molecular flexibility index (Phi) is 3.59. The molecule has 1 N–H and O–H groups in total. The predicted octanol–water partition coefficient (Wildman–Crippen LogP) is 0.233. The minimum absolute atomic E-state index is 0.315. The van der Waals surface area contributed by atoms with Gasteiger partial charge in [-0.15, -0.1) is 0 Å². The number of fused-ring (bicyclic) bond motifs is 1. The van der Waals surface area contributed by atoms with Crippen LogP contribution in [-0.2, 0) is 9.53 Å². The topological polar surface area (TPSA) is 41.6 Å². The number of likely N-dealkylation sites (tertiary alicyclic amines) is 1. The molecule has 15 heavy (non-hydrogen) atoms. The smallest absolute Gasteiger partial charge is 0.222 e. The molecule has 2 fully saturated rings. The van der Waals surface area contributed by atoms with E-state index in [0.29, 0.717) is 30.9 Å². The summed E-state index contributed by atoms with van der Waals surface area (Å²) in [5, 5.41) is 3.41. The average molecular weight is 212 g/mol. The number of carbonyl (C=O) groups is 1. The fourth-order valence-corrected chi connectivity index (χ4v) is 2.73. The summed E-state index contributed by atoms with van der Waals surface area (Å²) in [5.41, 5.74) is 0. The number of nitrogens with one attached hydrogen (secondary N) is 1. The first-order valence-electron chi connectivity index (χ1n) is 5.82. The minimum atomic E-state index is 0.315. The molecule has 0 aromatic carbocycles. The van der Waals surface area contributed by atoms with Crippen LogP contribution in [0.2, 0.25) is 0 Å². The lowest BCUT2D eigenvalue weighted by molar-refractivity contribution is -0.140. The van der Waals surface area contributed by atoms with Crippen LogP contribution in [0.3, 0.4) is 0 Å². The van der Waals surface area contributed by atoms with Gasteiger partial charge in [0.15, 0.2) is 0 Å². The van der Waals surface area contributed by atoms with Gasteiger partial charge in [0, 0.05) is 26.1 Å². The number of hydrogen-bond donors (Lipinski definition) is 1. The van der Waals surface area contributed by atoms with E-state index in [1.54, 1.807) is 7.11 Å². The van der Waals surface area contributed by atoms with Gasteiger partial charge in [0.1, 0.15) is 0 Å². The summed E-state index contributed by atoms with van der Waals surface area (Å²) in [6.07, 6.45) is 2.87. The van der Waals surface area contributed by atoms with Crippen molar-refractivity contribution in [3.8, 4) is 0 Å². The molecule has 1 amide bonds. The van der Waals surface area contributed by atoms with Crippen molar-refractivity contribution in [2.75, 3.05) is 33.4 Å². The molecule has 0 radical (unpaired) electrons. The quantitative estimate of drug-likeness (QED) is 0.728. The van der Waals surface area contributed by atoms with E-state index in [4.69, 9.17) is 4.74 Å². The number of hydrogen-bond acceptors (Lipinski definition) is 3. The Morgan fingerprint density at radius 3 is 3.20 bits per heavy atom. The van der Waals surface area contributed by atoms with Crippen LogP contribution in [0.4, 0.5) is 0 Å². The number of ether oxygens (including phenoxy) is 1. The number of carbonyl (C=O) groups excluding carboxylic acids is 1. The monoisotopic (exact) mass is 212 g/mol. The Labute approximate surface area is 91.0 Å². The first-order chi connectivity index (χ1) is 7.33. The molecule has 2 aliphatic rings. The summed E-state index contributed by atoms with van der Waals surface area (Å²) in [7, 11) is 1.69. The summed E-state index contributed by atoms with van der Waals surface area (Å²) >= 11 is 0. The molecule has 4 nitrogen and oxygen atoms in total. The third kappa shape index (κ3) is 2.32. The first-order valence-corrected chi connectivity index (χ1v) is 5.82. The van der Waals surface area contributed by atoms with Crippen LogP contribution in [-0.4, -0.2) is 50.2 Å². The number of amides is 1. The second-order valence-corrected chi connectivity index (χ2v) is 4.44. The molecular weight excluding hydrogens is 192 g/mol. The highest BCUT2D eigenvalue weighted by Crippen LogP contribution is 2.28. The molecule has 2 atom stereocenters.